The van der Waals surface area contributed by atoms with Crippen LogP contribution in [-0.2, 0) is 6.42 Å². The summed E-state index contributed by atoms with van der Waals surface area (Å²) in [5.74, 6) is 0. The lowest BCUT2D eigenvalue weighted by molar-refractivity contribution is 0.111. The molecule has 2 amide bonds. The van der Waals surface area contributed by atoms with E-state index in [-0.39, 0.29) is 12.1 Å². The number of hydrogen-bond acceptors (Lipinski definition) is 4. The van der Waals surface area contributed by atoms with E-state index in [9.17, 15) is 4.79 Å². The van der Waals surface area contributed by atoms with Crippen molar-refractivity contribution in [2.75, 3.05) is 46.3 Å². The van der Waals surface area contributed by atoms with E-state index in [2.05, 4.69) is 68.6 Å². The first-order chi connectivity index (χ1) is 13.2. The summed E-state index contributed by atoms with van der Waals surface area (Å²) in [6, 6.07) is 12.7. The van der Waals surface area contributed by atoms with Gasteiger partial charge in [-0.1, -0.05) is 30.3 Å². The lowest BCUT2D eigenvalue weighted by Gasteiger charge is -2.38. The number of carbonyl (C=O) groups excluding carboxylic acids is 1. The number of aryl methyl sites for hydroxylation is 1. The monoisotopic (exact) mass is 386 g/mol. The standard InChI is InChI=1S/C21H30N4OS/c1-24-11-13-25(14-12-24)20(19-9-15-27-17-19)16-23-21(26)22-10-5-8-18-6-3-2-4-7-18/h2-4,6-7,9,15,17,20H,5,8,10-14,16H2,1H3,(H2,22,23,26). The highest BCUT2D eigenvalue weighted by molar-refractivity contribution is 7.07. The van der Waals surface area contributed by atoms with E-state index in [1.165, 1.54) is 11.1 Å². The van der Waals surface area contributed by atoms with Gasteiger partial charge >= 0.3 is 6.03 Å². The highest BCUT2D eigenvalue weighted by Gasteiger charge is 2.24. The molecule has 1 aliphatic heterocycles. The van der Waals surface area contributed by atoms with Crippen LogP contribution in [0.2, 0.25) is 0 Å². The van der Waals surface area contributed by atoms with Crippen molar-refractivity contribution in [3.05, 3.63) is 58.3 Å². The summed E-state index contributed by atoms with van der Waals surface area (Å²) in [5.41, 5.74) is 2.61. The van der Waals surface area contributed by atoms with Crippen molar-refractivity contribution in [2.45, 2.75) is 18.9 Å². The molecule has 5 nitrogen and oxygen atoms in total. The summed E-state index contributed by atoms with van der Waals surface area (Å²) < 4.78 is 0. The lowest BCUT2D eigenvalue weighted by atomic mass is 10.1. The molecule has 146 valence electrons. The molecular formula is C21H30N4OS. The van der Waals surface area contributed by atoms with Gasteiger partial charge in [0.1, 0.15) is 0 Å². The number of amides is 2. The Morgan fingerprint density at radius 3 is 2.59 bits per heavy atom. The van der Waals surface area contributed by atoms with Gasteiger partial charge in [0.2, 0.25) is 0 Å². The number of likely N-dealkylation sites (N-methyl/N-ethyl adjacent to an activating group) is 1. The number of piperazine rings is 1. The van der Waals surface area contributed by atoms with Crippen LogP contribution < -0.4 is 10.6 Å². The van der Waals surface area contributed by atoms with Crippen molar-refractivity contribution in [3.8, 4) is 0 Å². The average molecular weight is 387 g/mol. The molecule has 0 radical (unpaired) electrons. The molecule has 1 fully saturated rings. The molecule has 0 aliphatic carbocycles. The van der Waals surface area contributed by atoms with E-state index in [0.29, 0.717) is 13.1 Å². The van der Waals surface area contributed by atoms with Crippen LogP contribution in [-0.4, -0.2) is 62.1 Å². The van der Waals surface area contributed by atoms with Crippen LogP contribution in [0, 0.1) is 0 Å². The molecule has 1 aromatic heterocycles. The molecule has 1 unspecified atom stereocenters. The van der Waals surface area contributed by atoms with E-state index < -0.39 is 0 Å². The maximum Gasteiger partial charge on any atom is 0.314 e. The number of hydrogen-bond donors (Lipinski definition) is 2. The first-order valence-electron chi connectivity index (χ1n) is 9.72. The summed E-state index contributed by atoms with van der Waals surface area (Å²) in [6.07, 6.45) is 1.93. The van der Waals surface area contributed by atoms with Gasteiger partial charge in [-0.25, -0.2) is 4.79 Å². The Kier molecular flexibility index (Phi) is 7.68. The second kappa shape index (κ2) is 10.4. The Balaban J connectivity index is 1.42. The maximum atomic E-state index is 12.2. The van der Waals surface area contributed by atoms with E-state index in [4.69, 9.17) is 0 Å². The largest absolute Gasteiger partial charge is 0.338 e. The predicted octanol–water partition coefficient (Wildman–Crippen LogP) is 2.97. The van der Waals surface area contributed by atoms with Crippen LogP contribution in [0.1, 0.15) is 23.6 Å². The Labute approximate surface area is 166 Å². The third-order valence-electron chi connectivity index (χ3n) is 5.13. The summed E-state index contributed by atoms with van der Waals surface area (Å²) >= 11 is 1.72. The van der Waals surface area contributed by atoms with Gasteiger partial charge in [0, 0.05) is 39.3 Å². The third-order valence-corrected chi connectivity index (χ3v) is 5.83. The van der Waals surface area contributed by atoms with Crippen LogP contribution in [0.4, 0.5) is 4.79 Å². The smallest absolute Gasteiger partial charge is 0.314 e. The molecule has 2 N–H and O–H groups in total. The molecule has 1 aromatic carbocycles. The minimum atomic E-state index is -0.0718. The fraction of sp³-hybridized carbons (Fsp3) is 0.476. The van der Waals surface area contributed by atoms with Gasteiger partial charge in [-0.2, -0.15) is 11.3 Å². The fourth-order valence-electron chi connectivity index (χ4n) is 3.45. The Bertz CT molecular complexity index is 669. The van der Waals surface area contributed by atoms with Crippen LogP contribution in [0.3, 0.4) is 0 Å². The number of thiophene rings is 1. The van der Waals surface area contributed by atoms with Gasteiger partial charge in [-0.15, -0.1) is 0 Å². The Morgan fingerprint density at radius 2 is 1.89 bits per heavy atom. The molecule has 1 aliphatic rings. The molecule has 2 heterocycles. The summed E-state index contributed by atoms with van der Waals surface area (Å²) in [6.45, 7) is 5.57. The van der Waals surface area contributed by atoms with Gasteiger partial charge in [-0.05, 0) is 47.8 Å². The maximum absolute atomic E-state index is 12.2. The number of rotatable bonds is 8. The molecular weight excluding hydrogens is 356 g/mol. The Morgan fingerprint density at radius 1 is 1.11 bits per heavy atom. The van der Waals surface area contributed by atoms with Crippen molar-refractivity contribution in [2.24, 2.45) is 0 Å². The molecule has 1 saturated heterocycles. The molecule has 2 aromatic rings. The van der Waals surface area contributed by atoms with Crippen LogP contribution in [0.25, 0.3) is 0 Å². The first-order valence-corrected chi connectivity index (χ1v) is 10.7. The van der Waals surface area contributed by atoms with Crippen LogP contribution >= 0.6 is 11.3 Å². The van der Waals surface area contributed by atoms with Gasteiger partial charge in [0.05, 0.1) is 6.04 Å². The van der Waals surface area contributed by atoms with Crippen LogP contribution in [0.15, 0.2) is 47.2 Å². The highest BCUT2D eigenvalue weighted by Crippen LogP contribution is 2.23. The number of nitrogens with one attached hydrogen (secondary N) is 2. The summed E-state index contributed by atoms with van der Waals surface area (Å²) in [7, 11) is 2.16. The second-order valence-corrected chi connectivity index (χ2v) is 7.92. The average Bonchev–Trinajstić information content (AvgIpc) is 3.22. The molecule has 0 bridgehead atoms. The van der Waals surface area contributed by atoms with Crippen molar-refractivity contribution < 1.29 is 4.79 Å². The Hall–Kier alpha value is -1.89. The molecule has 1 atom stereocenters. The number of urea groups is 1. The topological polar surface area (TPSA) is 47.6 Å². The number of nitrogens with zero attached hydrogens (tertiary/aromatic N) is 2. The molecule has 3 rings (SSSR count). The zero-order chi connectivity index (χ0) is 18.9. The zero-order valence-electron chi connectivity index (χ0n) is 16.1. The van der Waals surface area contributed by atoms with E-state index in [1.54, 1.807) is 11.3 Å². The van der Waals surface area contributed by atoms with Gasteiger partial charge < -0.3 is 15.5 Å². The van der Waals surface area contributed by atoms with Crippen molar-refractivity contribution in [3.63, 3.8) is 0 Å². The van der Waals surface area contributed by atoms with Gasteiger partial charge in [0.15, 0.2) is 0 Å². The minimum Gasteiger partial charge on any atom is -0.338 e. The quantitative estimate of drug-likeness (QED) is 0.686. The molecule has 0 spiro atoms. The zero-order valence-corrected chi connectivity index (χ0v) is 16.9. The molecule has 27 heavy (non-hydrogen) atoms. The van der Waals surface area contributed by atoms with E-state index in [0.717, 1.165) is 39.0 Å². The molecule has 0 saturated carbocycles. The van der Waals surface area contributed by atoms with E-state index >= 15 is 0 Å². The molecule has 6 heteroatoms. The number of carbonyl (C=O) groups is 1. The normalized spacial score (nSPS) is 16.8. The van der Waals surface area contributed by atoms with Crippen molar-refractivity contribution >= 4 is 17.4 Å². The summed E-state index contributed by atoms with van der Waals surface area (Å²) in [4.78, 5) is 17.1. The summed E-state index contributed by atoms with van der Waals surface area (Å²) in [5, 5.41) is 10.4. The minimum absolute atomic E-state index is 0.0718. The second-order valence-electron chi connectivity index (χ2n) is 7.14. The van der Waals surface area contributed by atoms with Crippen molar-refractivity contribution in [1.29, 1.82) is 0 Å². The van der Waals surface area contributed by atoms with E-state index in [1.807, 2.05) is 6.07 Å². The number of benzene rings is 1. The van der Waals surface area contributed by atoms with Gasteiger partial charge in [-0.3, -0.25) is 4.90 Å². The van der Waals surface area contributed by atoms with Crippen molar-refractivity contribution in [1.82, 2.24) is 20.4 Å². The van der Waals surface area contributed by atoms with Gasteiger partial charge in [0.25, 0.3) is 0 Å². The lowest BCUT2D eigenvalue weighted by Crippen LogP contribution is -2.49. The highest BCUT2D eigenvalue weighted by atomic mass is 32.1. The van der Waals surface area contributed by atoms with Crippen LogP contribution in [0.5, 0.6) is 0 Å². The first kappa shape index (κ1) is 19.9. The predicted molar refractivity (Wildman–Crippen MR) is 112 cm³/mol. The third kappa shape index (κ3) is 6.34. The fourth-order valence-corrected chi connectivity index (χ4v) is 4.15. The SMILES string of the molecule is CN1CCN(C(CNC(=O)NCCCc2ccccc2)c2ccsc2)CC1.